The van der Waals surface area contributed by atoms with Gasteiger partial charge in [0.05, 0.1) is 18.6 Å². The van der Waals surface area contributed by atoms with Gasteiger partial charge in [-0.1, -0.05) is 36.4 Å². The van der Waals surface area contributed by atoms with E-state index in [9.17, 15) is 8.42 Å². The largest absolute Gasteiger partial charge is 0.494 e. The molecule has 0 bridgehead atoms. The maximum Gasteiger partial charge on any atom is 0.181 e. The number of hydrogen-bond acceptors (Lipinski definition) is 5. The second-order valence-electron chi connectivity index (χ2n) is 9.88. The molecule has 3 aromatic rings. The zero-order valence-electron chi connectivity index (χ0n) is 20.9. The van der Waals surface area contributed by atoms with Crippen molar-refractivity contribution in [2.75, 3.05) is 25.4 Å². The first-order valence-electron chi connectivity index (χ1n) is 12.7. The fourth-order valence-electron chi connectivity index (χ4n) is 5.69. The molecule has 6 nitrogen and oxygen atoms in total. The first-order valence-corrected chi connectivity index (χ1v) is 14.4. The molecule has 8 heteroatoms. The van der Waals surface area contributed by atoms with Gasteiger partial charge in [-0.25, -0.2) is 8.42 Å². The first kappa shape index (κ1) is 26.7. The SMILES string of the molecule is Cl.Cn1cc(S(=O)(=O)CCCOc2ccc3c(c2)C(Cc2ccccc2)C(N2CCCC2)CC3)cn1. The van der Waals surface area contributed by atoms with Gasteiger partial charge < -0.3 is 4.74 Å². The Morgan fingerprint density at radius 2 is 1.86 bits per heavy atom. The molecule has 2 unspecified atom stereocenters. The lowest BCUT2D eigenvalue weighted by atomic mass is 9.75. The molecule has 2 aliphatic rings. The molecule has 1 fully saturated rings. The number of nitrogens with zero attached hydrogens (tertiary/aromatic N) is 3. The van der Waals surface area contributed by atoms with Crippen molar-refractivity contribution >= 4 is 22.2 Å². The topological polar surface area (TPSA) is 64.4 Å². The number of fused-ring (bicyclic) bond motifs is 1. The summed E-state index contributed by atoms with van der Waals surface area (Å²) < 4.78 is 32.6. The van der Waals surface area contributed by atoms with Gasteiger partial charge in [-0.05, 0) is 80.4 Å². The molecule has 1 aliphatic heterocycles. The predicted molar refractivity (Wildman–Crippen MR) is 145 cm³/mol. The van der Waals surface area contributed by atoms with Gasteiger partial charge in [-0.2, -0.15) is 5.10 Å². The molecular formula is C28H36ClN3O3S. The molecular weight excluding hydrogens is 494 g/mol. The van der Waals surface area contributed by atoms with E-state index in [1.54, 1.807) is 13.2 Å². The van der Waals surface area contributed by atoms with Crippen LogP contribution in [0.3, 0.4) is 0 Å². The second kappa shape index (κ2) is 11.8. The minimum absolute atomic E-state index is 0. The van der Waals surface area contributed by atoms with Gasteiger partial charge in [0.2, 0.25) is 0 Å². The average molecular weight is 530 g/mol. The average Bonchev–Trinajstić information content (AvgIpc) is 3.55. The lowest BCUT2D eigenvalue weighted by Crippen LogP contribution is -2.41. The van der Waals surface area contributed by atoms with Gasteiger partial charge in [0, 0.05) is 25.2 Å². The Balaban J connectivity index is 0.00000304. The molecule has 5 rings (SSSR count). The molecule has 0 N–H and O–H groups in total. The van der Waals surface area contributed by atoms with Gasteiger partial charge in [0.15, 0.2) is 9.84 Å². The predicted octanol–water partition coefficient (Wildman–Crippen LogP) is 4.82. The van der Waals surface area contributed by atoms with E-state index in [-0.39, 0.29) is 23.1 Å². The van der Waals surface area contributed by atoms with Crippen LogP contribution >= 0.6 is 12.4 Å². The van der Waals surface area contributed by atoms with Crippen molar-refractivity contribution in [3.05, 3.63) is 77.6 Å². The van der Waals surface area contributed by atoms with Crippen molar-refractivity contribution in [2.45, 2.75) is 55.4 Å². The molecule has 0 radical (unpaired) electrons. The third kappa shape index (κ3) is 6.13. The summed E-state index contributed by atoms with van der Waals surface area (Å²) in [6.45, 7) is 2.77. The smallest absolute Gasteiger partial charge is 0.181 e. The normalized spacial score (nSPS) is 20.0. The van der Waals surface area contributed by atoms with Crippen LogP contribution in [0.15, 0.2) is 65.8 Å². The third-order valence-corrected chi connectivity index (χ3v) is 9.22. The Bertz CT molecular complexity index is 1240. The highest BCUT2D eigenvalue weighted by molar-refractivity contribution is 7.91. The van der Waals surface area contributed by atoms with Crippen molar-refractivity contribution in [3.8, 4) is 5.75 Å². The Labute approximate surface area is 221 Å². The van der Waals surface area contributed by atoms with Crippen molar-refractivity contribution in [1.29, 1.82) is 0 Å². The van der Waals surface area contributed by atoms with E-state index in [1.165, 1.54) is 59.9 Å². The molecule has 1 aliphatic carbocycles. The van der Waals surface area contributed by atoms with Crippen molar-refractivity contribution in [2.24, 2.45) is 7.05 Å². The van der Waals surface area contributed by atoms with Crippen molar-refractivity contribution in [1.82, 2.24) is 14.7 Å². The van der Waals surface area contributed by atoms with Crippen LogP contribution in [-0.2, 0) is 29.7 Å². The molecule has 36 heavy (non-hydrogen) atoms. The van der Waals surface area contributed by atoms with Crippen LogP contribution in [0.5, 0.6) is 5.75 Å². The second-order valence-corrected chi connectivity index (χ2v) is 12.0. The molecule has 2 aromatic carbocycles. The number of ether oxygens (including phenoxy) is 1. The monoisotopic (exact) mass is 529 g/mol. The summed E-state index contributed by atoms with van der Waals surface area (Å²) in [4.78, 5) is 2.97. The van der Waals surface area contributed by atoms with Crippen LogP contribution in [0.25, 0.3) is 0 Å². The molecule has 1 saturated heterocycles. The highest BCUT2D eigenvalue weighted by Crippen LogP contribution is 2.40. The van der Waals surface area contributed by atoms with Crippen LogP contribution in [-0.4, -0.2) is 54.6 Å². The Morgan fingerprint density at radius 3 is 2.58 bits per heavy atom. The third-order valence-electron chi connectivity index (χ3n) is 7.47. The number of rotatable bonds is 9. The minimum Gasteiger partial charge on any atom is -0.494 e. The van der Waals surface area contributed by atoms with Crippen LogP contribution in [0, 0.1) is 0 Å². The highest BCUT2D eigenvalue weighted by atomic mass is 35.5. The summed E-state index contributed by atoms with van der Waals surface area (Å²) in [5, 5.41) is 3.97. The number of hydrogen-bond donors (Lipinski definition) is 0. The summed E-state index contributed by atoms with van der Waals surface area (Å²) in [7, 11) is -1.62. The van der Waals surface area contributed by atoms with Gasteiger partial charge >= 0.3 is 0 Å². The summed E-state index contributed by atoms with van der Waals surface area (Å²) in [6, 6.07) is 17.9. The molecule has 2 heterocycles. The number of sulfone groups is 1. The zero-order valence-corrected chi connectivity index (χ0v) is 22.5. The van der Waals surface area contributed by atoms with E-state index in [0.717, 1.165) is 18.6 Å². The fraction of sp³-hybridized carbons (Fsp3) is 0.464. The standard InChI is InChI=1S/C28H35N3O3S.ClH/c1-30-21-25(20-29-30)35(32,33)17-7-16-34-24-12-10-23-11-13-28(31-14-5-6-15-31)27(26(23)19-24)18-22-8-3-2-4-9-22;/h2-4,8-10,12,19-21,27-28H,5-7,11,13-18H2,1H3;1H. The van der Waals surface area contributed by atoms with E-state index in [2.05, 4.69) is 52.5 Å². The molecule has 0 amide bonds. The fourth-order valence-corrected chi connectivity index (χ4v) is 6.94. The van der Waals surface area contributed by atoms with Crippen LogP contribution < -0.4 is 4.74 Å². The summed E-state index contributed by atoms with van der Waals surface area (Å²) >= 11 is 0. The van der Waals surface area contributed by atoms with E-state index < -0.39 is 9.84 Å². The van der Waals surface area contributed by atoms with Crippen LogP contribution in [0.2, 0.25) is 0 Å². The summed E-state index contributed by atoms with van der Waals surface area (Å²) in [6.07, 6.45) is 9.33. The highest BCUT2D eigenvalue weighted by Gasteiger charge is 2.35. The van der Waals surface area contributed by atoms with Gasteiger partial charge in [-0.3, -0.25) is 9.58 Å². The maximum atomic E-state index is 12.5. The molecule has 1 aromatic heterocycles. The van der Waals surface area contributed by atoms with Crippen LogP contribution in [0.1, 0.15) is 48.3 Å². The Morgan fingerprint density at radius 1 is 1.08 bits per heavy atom. The quantitative estimate of drug-likeness (QED) is 0.372. The first-order chi connectivity index (χ1) is 17.0. The van der Waals surface area contributed by atoms with E-state index >= 15 is 0 Å². The Hall–Kier alpha value is -2.35. The van der Waals surface area contributed by atoms with Gasteiger partial charge in [0.25, 0.3) is 0 Å². The van der Waals surface area contributed by atoms with Gasteiger partial charge in [0.1, 0.15) is 10.6 Å². The van der Waals surface area contributed by atoms with E-state index in [1.807, 2.05) is 6.07 Å². The van der Waals surface area contributed by atoms with E-state index in [4.69, 9.17) is 4.74 Å². The molecule has 2 atom stereocenters. The van der Waals surface area contributed by atoms with Crippen molar-refractivity contribution in [3.63, 3.8) is 0 Å². The lowest BCUT2D eigenvalue weighted by molar-refractivity contribution is 0.188. The summed E-state index contributed by atoms with van der Waals surface area (Å²) in [5.74, 6) is 1.33. The number of aryl methyl sites for hydroxylation is 2. The zero-order chi connectivity index (χ0) is 24.3. The Kier molecular flexibility index (Phi) is 8.75. The maximum absolute atomic E-state index is 12.5. The number of likely N-dealkylation sites (tertiary alicyclic amines) is 1. The molecule has 0 saturated carbocycles. The minimum atomic E-state index is -3.34. The van der Waals surface area contributed by atoms with E-state index in [0.29, 0.717) is 25.0 Å². The summed E-state index contributed by atoms with van der Waals surface area (Å²) in [5.41, 5.74) is 4.20. The van der Waals surface area contributed by atoms with Crippen LogP contribution in [0.4, 0.5) is 0 Å². The van der Waals surface area contributed by atoms with Crippen molar-refractivity contribution < 1.29 is 13.2 Å². The molecule has 0 spiro atoms. The number of halogens is 1. The molecule has 194 valence electrons. The number of aromatic nitrogens is 2. The van der Waals surface area contributed by atoms with Gasteiger partial charge in [-0.15, -0.1) is 12.4 Å². The number of benzene rings is 2. The lowest BCUT2D eigenvalue weighted by Gasteiger charge is -2.39.